The molecular weight excluding hydrogens is 357 g/mol. The van der Waals surface area contributed by atoms with Crippen molar-refractivity contribution in [2.75, 3.05) is 5.32 Å². The highest BCUT2D eigenvalue weighted by Gasteiger charge is 2.31. The van der Waals surface area contributed by atoms with Gasteiger partial charge >= 0.3 is 6.18 Å². The first-order chi connectivity index (χ1) is 9.77. The minimum Gasteiger partial charge on any atom is -0.378 e. The van der Waals surface area contributed by atoms with Crippen LogP contribution in [0.4, 0.5) is 27.6 Å². The zero-order valence-corrected chi connectivity index (χ0v) is 12.0. The Morgan fingerprint density at radius 2 is 1.67 bits per heavy atom. The van der Waals surface area contributed by atoms with Crippen LogP contribution in [0.15, 0.2) is 40.9 Å². The molecule has 0 saturated heterocycles. The molecule has 0 aromatic heterocycles. The van der Waals surface area contributed by atoms with Crippen LogP contribution in [0, 0.1) is 11.6 Å². The Morgan fingerprint density at radius 3 is 2.29 bits per heavy atom. The summed E-state index contributed by atoms with van der Waals surface area (Å²) in [5.41, 5.74) is -0.926. The van der Waals surface area contributed by atoms with Gasteiger partial charge in [0.1, 0.15) is 11.6 Å². The van der Waals surface area contributed by atoms with E-state index in [0.717, 1.165) is 12.1 Å². The van der Waals surface area contributed by atoms with Gasteiger partial charge in [-0.15, -0.1) is 0 Å². The van der Waals surface area contributed by atoms with Crippen molar-refractivity contribution in [1.82, 2.24) is 0 Å². The number of alkyl halides is 3. The minimum atomic E-state index is -4.60. The highest BCUT2D eigenvalue weighted by Crippen LogP contribution is 2.31. The molecular formula is C14H9BrF5N. The largest absolute Gasteiger partial charge is 0.416 e. The van der Waals surface area contributed by atoms with Crippen molar-refractivity contribution in [3.8, 4) is 0 Å². The molecule has 0 amide bonds. The van der Waals surface area contributed by atoms with E-state index in [0.29, 0.717) is 10.5 Å². The molecule has 0 atom stereocenters. The van der Waals surface area contributed by atoms with Gasteiger partial charge in [0.25, 0.3) is 0 Å². The van der Waals surface area contributed by atoms with Gasteiger partial charge in [0.2, 0.25) is 0 Å². The zero-order chi connectivity index (χ0) is 15.6. The molecule has 0 heterocycles. The maximum absolute atomic E-state index is 13.6. The summed E-state index contributed by atoms with van der Waals surface area (Å²) in [5, 5.41) is 2.57. The van der Waals surface area contributed by atoms with Crippen LogP contribution in [0.25, 0.3) is 0 Å². The molecule has 21 heavy (non-hydrogen) atoms. The van der Waals surface area contributed by atoms with Gasteiger partial charge in [0, 0.05) is 16.6 Å². The Morgan fingerprint density at radius 1 is 0.952 bits per heavy atom. The van der Waals surface area contributed by atoms with E-state index in [1.54, 1.807) is 0 Å². The highest BCUT2D eigenvalue weighted by molar-refractivity contribution is 9.10. The fourth-order valence-electron chi connectivity index (χ4n) is 1.70. The Bertz CT molecular complexity index is 654. The number of benzene rings is 2. The summed E-state index contributed by atoms with van der Waals surface area (Å²) in [4.78, 5) is 0. The fraction of sp³-hybridized carbons (Fsp3) is 0.143. The second-order valence-corrected chi connectivity index (χ2v) is 5.20. The number of hydrogen-bond donors (Lipinski definition) is 1. The SMILES string of the molecule is Fc1ccc(Br)cc1CNc1ccc(C(F)(F)F)cc1F. The smallest absolute Gasteiger partial charge is 0.378 e. The van der Waals surface area contributed by atoms with Gasteiger partial charge in [-0.2, -0.15) is 13.2 Å². The Labute approximate surface area is 125 Å². The van der Waals surface area contributed by atoms with Gasteiger partial charge in [-0.1, -0.05) is 15.9 Å². The van der Waals surface area contributed by atoms with E-state index >= 15 is 0 Å². The van der Waals surface area contributed by atoms with E-state index in [2.05, 4.69) is 21.2 Å². The molecule has 0 aliphatic carbocycles. The van der Waals surface area contributed by atoms with Crippen LogP contribution in [-0.2, 0) is 12.7 Å². The summed E-state index contributed by atoms with van der Waals surface area (Å²) in [6, 6.07) is 6.41. The van der Waals surface area contributed by atoms with Crippen LogP contribution < -0.4 is 5.32 Å². The number of hydrogen-bond acceptors (Lipinski definition) is 1. The normalized spacial score (nSPS) is 11.5. The molecule has 0 bridgehead atoms. The average Bonchev–Trinajstić information content (AvgIpc) is 2.40. The van der Waals surface area contributed by atoms with Gasteiger partial charge in [-0.05, 0) is 36.4 Å². The molecule has 112 valence electrons. The summed E-state index contributed by atoms with van der Waals surface area (Å²) >= 11 is 3.17. The van der Waals surface area contributed by atoms with Gasteiger partial charge in [-0.3, -0.25) is 0 Å². The lowest BCUT2D eigenvalue weighted by molar-refractivity contribution is -0.137. The van der Waals surface area contributed by atoms with E-state index < -0.39 is 23.4 Å². The lowest BCUT2D eigenvalue weighted by Gasteiger charge is -2.11. The molecule has 2 aromatic carbocycles. The van der Waals surface area contributed by atoms with Crippen molar-refractivity contribution in [3.05, 3.63) is 63.6 Å². The minimum absolute atomic E-state index is 0.0481. The third-order valence-electron chi connectivity index (χ3n) is 2.77. The van der Waals surface area contributed by atoms with Crippen molar-refractivity contribution in [1.29, 1.82) is 0 Å². The number of anilines is 1. The predicted molar refractivity (Wildman–Crippen MR) is 72.8 cm³/mol. The maximum atomic E-state index is 13.6. The van der Waals surface area contributed by atoms with E-state index in [-0.39, 0.29) is 17.8 Å². The average molecular weight is 366 g/mol. The molecule has 0 aliphatic heterocycles. The van der Waals surface area contributed by atoms with Gasteiger partial charge < -0.3 is 5.32 Å². The van der Waals surface area contributed by atoms with Crippen molar-refractivity contribution in [2.45, 2.75) is 12.7 Å². The highest BCUT2D eigenvalue weighted by atomic mass is 79.9. The Kier molecular flexibility index (Phi) is 4.51. The van der Waals surface area contributed by atoms with Crippen LogP contribution in [0.1, 0.15) is 11.1 Å². The summed E-state index contributed by atoms with van der Waals surface area (Å²) in [5.74, 6) is -1.53. The first-order valence-electron chi connectivity index (χ1n) is 5.82. The van der Waals surface area contributed by atoms with Crippen molar-refractivity contribution >= 4 is 21.6 Å². The maximum Gasteiger partial charge on any atom is 0.416 e. The fourth-order valence-corrected chi connectivity index (χ4v) is 2.11. The number of rotatable bonds is 3. The molecule has 7 heteroatoms. The molecule has 0 unspecified atom stereocenters. The van der Waals surface area contributed by atoms with Crippen LogP contribution >= 0.6 is 15.9 Å². The van der Waals surface area contributed by atoms with Gasteiger partial charge in [-0.25, -0.2) is 8.78 Å². The van der Waals surface area contributed by atoms with Crippen LogP contribution in [0.3, 0.4) is 0 Å². The van der Waals surface area contributed by atoms with E-state index in [4.69, 9.17) is 0 Å². The lowest BCUT2D eigenvalue weighted by Crippen LogP contribution is -2.08. The molecule has 0 radical (unpaired) electrons. The molecule has 0 aliphatic rings. The van der Waals surface area contributed by atoms with Crippen LogP contribution in [0.2, 0.25) is 0 Å². The quantitative estimate of drug-likeness (QED) is 0.722. The number of halogens is 6. The predicted octanol–water partition coefficient (Wildman–Crippen LogP) is 5.36. The van der Waals surface area contributed by atoms with E-state index in [1.807, 2.05) is 0 Å². The third-order valence-corrected chi connectivity index (χ3v) is 3.27. The molecule has 0 saturated carbocycles. The lowest BCUT2D eigenvalue weighted by atomic mass is 10.1. The monoisotopic (exact) mass is 365 g/mol. The molecule has 2 aromatic rings. The Hall–Kier alpha value is -1.63. The first kappa shape index (κ1) is 15.8. The summed E-state index contributed by atoms with van der Waals surface area (Å²) < 4.78 is 65.0. The van der Waals surface area contributed by atoms with Gasteiger partial charge in [0.05, 0.1) is 11.3 Å². The van der Waals surface area contributed by atoms with Gasteiger partial charge in [0.15, 0.2) is 0 Å². The van der Waals surface area contributed by atoms with Crippen LogP contribution in [0.5, 0.6) is 0 Å². The second-order valence-electron chi connectivity index (χ2n) is 4.28. The second kappa shape index (κ2) is 6.01. The third kappa shape index (κ3) is 3.93. The number of nitrogens with one attached hydrogen (secondary N) is 1. The summed E-state index contributed by atoms with van der Waals surface area (Å²) in [6.45, 7) is -0.0481. The van der Waals surface area contributed by atoms with Crippen molar-refractivity contribution in [2.24, 2.45) is 0 Å². The van der Waals surface area contributed by atoms with E-state index in [1.165, 1.54) is 18.2 Å². The summed E-state index contributed by atoms with van der Waals surface area (Å²) in [7, 11) is 0. The molecule has 1 N–H and O–H groups in total. The van der Waals surface area contributed by atoms with Crippen LogP contribution in [-0.4, -0.2) is 0 Å². The summed E-state index contributed by atoms with van der Waals surface area (Å²) in [6.07, 6.45) is -4.60. The molecule has 0 fully saturated rings. The van der Waals surface area contributed by atoms with Crippen molar-refractivity contribution in [3.63, 3.8) is 0 Å². The zero-order valence-electron chi connectivity index (χ0n) is 10.4. The topological polar surface area (TPSA) is 12.0 Å². The van der Waals surface area contributed by atoms with Crippen molar-refractivity contribution < 1.29 is 22.0 Å². The Balaban J connectivity index is 2.15. The molecule has 2 rings (SSSR count). The first-order valence-corrected chi connectivity index (χ1v) is 6.61. The standard InChI is InChI=1S/C14H9BrF5N/c15-10-2-3-11(16)8(5-10)7-21-13-4-1-9(6-12(13)17)14(18,19)20/h1-6,21H,7H2. The molecule has 1 nitrogen and oxygen atoms in total. The van der Waals surface area contributed by atoms with E-state index in [9.17, 15) is 22.0 Å². The molecule has 0 spiro atoms.